The Morgan fingerprint density at radius 3 is 2.38 bits per heavy atom. The van der Waals surface area contributed by atoms with Crippen LogP contribution >= 0.6 is 0 Å². The Morgan fingerprint density at radius 2 is 1.44 bits per heavy atom. The van der Waals surface area contributed by atoms with Crippen LogP contribution in [0.4, 0.5) is 0 Å². The first-order valence-corrected chi connectivity index (χ1v) is 13.6. The van der Waals surface area contributed by atoms with Crippen LogP contribution in [0.15, 0.2) is 140 Å². The number of aromatic nitrogens is 1. The van der Waals surface area contributed by atoms with Crippen molar-refractivity contribution in [2.75, 3.05) is 0 Å². The van der Waals surface area contributed by atoms with E-state index in [4.69, 9.17) is 4.74 Å². The molecule has 5 aromatic carbocycles. The maximum Gasteiger partial charge on any atom is 0.136 e. The Hall–Kier alpha value is -4.82. The topological polar surface area (TPSA) is 14.2 Å². The number of ether oxygens (including phenoxy) is 1. The Balaban J connectivity index is 1.45. The molecule has 0 radical (unpaired) electrons. The van der Waals surface area contributed by atoms with Crippen LogP contribution in [0.5, 0.6) is 5.75 Å². The van der Waals surface area contributed by atoms with Crippen LogP contribution in [-0.2, 0) is 0 Å². The second-order valence-electron chi connectivity index (χ2n) is 10.7. The van der Waals surface area contributed by atoms with E-state index in [1.165, 1.54) is 44.1 Å². The van der Waals surface area contributed by atoms with Crippen molar-refractivity contribution in [3.8, 4) is 33.7 Å². The molecule has 2 nitrogen and oxygen atoms in total. The number of nitrogens with zero attached hydrogens (tertiary/aromatic N) is 1. The van der Waals surface area contributed by atoms with Gasteiger partial charge in [-0.25, -0.2) is 0 Å². The van der Waals surface area contributed by atoms with Gasteiger partial charge in [-0.3, -0.25) is 0 Å². The number of hydrogen-bond donors (Lipinski definition) is 0. The zero-order chi connectivity index (χ0) is 26.0. The van der Waals surface area contributed by atoms with E-state index in [2.05, 4.69) is 151 Å². The van der Waals surface area contributed by atoms with Crippen LogP contribution in [0, 0.1) is 0 Å². The van der Waals surface area contributed by atoms with Crippen LogP contribution in [0.1, 0.15) is 18.5 Å². The molecular weight excluding hydrogens is 474 g/mol. The van der Waals surface area contributed by atoms with Crippen LogP contribution in [-0.4, -0.2) is 10.2 Å². The fraction of sp³-hybridized carbons (Fsp3) is 0.0811. The van der Waals surface area contributed by atoms with Crippen LogP contribution < -0.4 is 4.74 Å². The number of hydrogen-bond acceptors (Lipinski definition) is 1. The summed E-state index contributed by atoms with van der Waals surface area (Å²) in [5, 5.41) is 3.76. The van der Waals surface area contributed by atoms with Crippen LogP contribution in [0.2, 0.25) is 0 Å². The number of benzene rings is 5. The molecule has 0 fully saturated rings. The molecule has 8 rings (SSSR count). The molecule has 186 valence electrons. The molecule has 2 atom stereocenters. The largest absolute Gasteiger partial charge is 0.482 e. The number of para-hydroxylation sites is 2. The van der Waals surface area contributed by atoms with Crippen molar-refractivity contribution in [3.05, 3.63) is 145 Å². The molecule has 0 amide bonds. The Labute approximate surface area is 228 Å². The summed E-state index contributed by atoms with van der Waals surface area (Å²) in [6, 6.07) is 41.4. The molecule has 0 saturated heterocycles. The van der Waals surface area contributed by atoms with Gasteiger partial charge in [0, 0.05) is 27.9 Å². The van der Waals surface area contributed by atoms with Crippen LogP contribution in [0.3, 0.4) is 0 Å². The van der Waals surface area contributed by atoms with E-state index in [0.29, 0.717) is 0 Å². The van der Waals surface area contributed by atoms with Crippen molar-refractivity contribution < 1.29 is 4.74 Å². The maximum atomic E-state index is 6.82. The number of rotatable bonds is 2. The van der Waals surface area contributed by atoms with E-state index >= 15 is 0 Å². The predicted molar refractivity (Wildman–Crippen MR) is 162 cm³/mol. The van der Waals surface area contributed by atoms with Gasteiger partial charge in [0.05, 0.1) is 11.4 Å². The third-order valence-electron chi connectivity index (χ3n) is 8.36. The molecule has 2 heterocycles. The lowest BCUT2D eigenvalue weighted by atomic mass is 9.81. The summed E-state index contributed by atoms with van der Waals surface area (Å²) in [5.74, 6) is 0.967. The summed E-state index contributed by atoms with van der Waals surface area (Å²) in [5.41, 5.74) is 7.98. The molecule has 0 N–H and O–H groups in total. The van der Waals surface area contributed by atoms with Gasteiger partial charge in [-0.15, -0.1) is 0 Å². The highest BCUT2D eigenvalue weighted by Gasteiger charge is 2.42. The Kier molecular flexibility index (Phi) is 4.75. The first-order valence-electron chi connectivity index (χ1n) is 13.6. The monoisotopic (exact) mass is 501 g/mol. The van der Waals surface area contributed by atoms with Crippen molar-refractivity contribution in [2.24, 2.45) is 0 Å². The van der Waals surface area contributed by atoms with Gasteiger partial charge in [-0.1, -0.05) is 109 Å². The normalized spacial score (nSPS) is 19.3. The zero-order valence-corrected chi connectivity index (χ0v) is 21.7. The molecule has 2 unspecified atom stereocenters. The summed E-state index contributed by atoms with van der Waals surface area (Å²) < 4.78 is 9.29. The highest BCUT2D eigenvalue weighted by molar-refractivity contribution is 6.02. The zero-order valence-electron chi connectivity index (χ0n) is 21.7. The van der Waals surface area contributed by atoms with Crippen molar-refractivity contribution in [2.45, 2.75) is 18.4 Å². The molecule has 1 aliphatic carbocycles. The fourth-order valence-electron chi connectivity index (χ4n) is 6.58. The van der Waals surface area contributed by atoms with Gasteiger partial charge in [-0.2, -0.15) is 0 Å². The molecule has 0 saturated carbocycles. The summed E-state index contributed by atoms with van der Waals surface area (Å²) >= 11 is 0. The lowest BCUT2D eigenvalue weighted by molar-refractivity contribution is 0.124. The molecule has 6 aromatic rings. The molecule has 2 heteroatoms. The van der Waals surface area contributed by atoms with E-state index in [9.17, 15) is 0 Å². The highest BCUT2D eigenvalue weighted by atomic mass is 16.5. The maximum absolute atomic E-state index is 6.82. The van der Waals surface area contributed by atoms with E-state index < -0.39 is 5.60 Å². The standard InChI is InChI=1S/C37H27NO/c1-37-23-9-8-20-32(37)36-35(31-18-5-7-22-34(31)39-37)30-17-4-6-21-33(30)38(36)27-15-10-14-26(24-27)29-19-11-13-25-12-2-3-16-28(25)29/h2-24,32H,1H3. The third kappa shape index (κ3) is 3.28. The van der Waals surface area contributed by atoms with E-state index in [1.807, 2.05) is 0 Å². The van der Waals surface area contributed by atoms with Crippen molar-refractivity contribution in [1.82, 2.24) is 4.57 Å². The summed E-state index contributed by atoms with van der Waals surface area (Å²) in [6.45, 7) is 2.21. The molecular formula is C37H27NO. The molecule has 0 bridgehead atoms. The smallest absolute Gasteiger partial charge is 0.136 e. The summed E-state index contributed by atoms with van der Waals surface area (Å²) in [7, 11) is 0. The van der Waals surface area contributed by atoms with Gasteiger partial charge in [0.25, 0.3) is 0 Å². The average molecular weight is 502 g/mol. The van der Waals surface area contributed by atoms with Gasteiger partial charge in [0.2, 0.25) is 0 Å². The third-order valence-corrected chi connectivity index (χ3v) is 8.36. The van der Waals surface area contributed by atoms with E-state index in [0.717, 1.165) is 17.0 Å². The highest BCUT2D eigenvalue weighted by Crippen LogP contribution is 2.52. The lowest BCUT2D eigenvalue weighted by Crippen LogP contribution is -2.37. The number of fused-ring (bicyclic) bond motifs is 8. The van der Waals surface area contributed by atoms with E-state index in [-0.39, 0.29) is 5.92 Å². The SMILES string of the molecule is CC12C=CC=CC1c1c(c3ccccc3n1-c1cccc(-c3cccc4ccccc34)c1)-c1ccccc1O2. The second-order valence-corrected chi connectivity index (χ2v) is 10.7. The minimum Gasteiger partial charge on any atom is -0.482 e. The summed E-state index contributed by atoms with van der Waals surface area (Å²) in [6.07, 6.45) is 8.77. The molecule has 1 aliphatic heterocycles. The average Bonchev–Trinajstić information content (AvgIpc) is 3.26. The summed E-state index contributed by atoms with van der Waals surface area (Å²) in [4.78, 5) is 0. The fourth-order valence-corrected chi connectivity index (χ4v) is 6.58. The first kappa shape index (κ1) is 22.2. The van der Waals surface area contributed by atoms with Crippen molar-refractivity contribution >= 4 is 21.7 Å². The van der Waals surface area contributed by atoms with Gasteiger partial charge in [0.15, 0.2) is 0 Å². The molecule has 0 spiro atoms. The van der Waals surface area contributed by atoms with Gasteiger partial charge >= 0.3 is 0 Å². The van der Waals surface area contributed by atoms with Crippen molar-refractivity contribution in [3.63, 3.8) is 0 Å². The predicted octanol–water partition coefficient (Wildman–Crippen LogP) is 9.48. The quantitative estimate of drug-likeness (QED) is 0.230. The minimum atomic E-state index is -0.504. The minimum absolute atomic E-state index is 0.0403. The van der Waals surface area contributed by atoms with Crippen LogP contribution in [0.25, 0.3) is 49.6 Å². The Bertz CT molecular complexity index is 1970. The second kappa shape index (κ2) is 8.34. The lowest BCUT2D eigenvalue weighted by Gasteiger charge is -2.35. The molecule has 39 heavy (non-hydrogen) atoms. The molecule has 2 aliphatic rings. The van der Waals surface area contributed by atoms with Gasteiger partial charge in [-0.05, 0) is 59.2 Å². The molecule has 1 aromatic heterocycles. The number of allylic oxidation sites excluding steroid dienone is 2. The van der Waals surface area contributed by atoms with Crippen molar-refractivity contribution in [1.29, 1.82) is 0 Å². The van der Waals surface area contributed by atoms with Gasteiger partial charge in [0.1, 0.15) is 11.4 Å². The van der Waals surface area contributed by atoms with Gasteiger partial charge < -0.3 is 9.30 Å². The Morgan fingerprint density at radius 1 is 0.692 bits per heavy atom. The first-order chi connectivity index (χ1) is 19.2. The van der Waals surface area contributed by atoms with E-state index in [1.54, 1.807) is 0 Å².